The van der Waals surface area contributed by atoms with Crippen molar-refractivity contribution >= 4 is 83.9 Å². The second-order valence-corrected chi connectivity index (χ2v) is 9.56. The highest BCUT2D eigenvalue weighted by Crippen LogP contribution is 2.25. The third-order valence-electron chi connectivity index (χ3n) is 2.11. The predicted octanol–water partition coefficient (Wildman–Crippen LogP) is 3.32. The Morgan fingerprint density at radius 1 is 1.30 bits per heavy atom. The minimum atomic E-state index is -4.22. The average molecular weight is 636 g/mol. The molecule has 9 heteroatoms. The smallest absolute Gasteiger partial charge is 0.339 e. The molecule has 0 saturated heterocycles. The number of hydrogen-bond acceptors (Lipinski definition) is 4. The van der Waals surface area contributed by atoms with Gasteiger partial charge in [0.2, 0.25) is 0 Å². The van der Waals surface area contributed by atoms with Crippen molar-refractivity contribution in [1.82, 2.24) is 0 Å². The summed E-state index contributed by atoms with van der Waals surface area (Å²) < 4.78 is 38.4. The largest absolute Gasteiger partial charge is 0.455 e. The summed E-state index contributed by atoms with van der Waals surface area (Å²) in [6.45, 7) is 2.87. The molecular formula is C11H11I3O5S. The van der Waals surface area contributed by atoms with Crippen molar-refractivity contribution in [1.29, 1.82) is 0 Å². The van der Waals surface area contributed by atoms with Gasteiger partial charge < -0.3 is 4.74 Å². The molecule has 0 aliphatic carbocycles. The maximum absolute atomic E-state index is 12.2. The van der Waals surface area contributed by atoms with E-state index in [1.807, 2.05) is 28.7 Å². The first kappa shape index (κ1) is 18.8. The van der Waals surface area contributed by atoms with Crippen molar-refractivity contribution < 1.29 is 22.5 Å². The van der Waals surface area contributed by atoms with E-state index in [1.54, 1.807) is 6.07 Å². The molecule has 0 heterocycles. The van der Waals surface area contributed by atoms with E-state index in [0.717, 1.165) is 10.7 Å². The molecule has 0 aromatic heterocycles. The highest BCUT2D eigenvalue weighted by atomic mass is 127. The minimum absolute atomic E-state index is 0.380. The van der Waals surface area contributed by atoms with Crippen LogP contribution in [0.5, 0.6) is 0 Å². The normalized spacial score (nSPS) is 12.3. The second-order valence-electron chi connectivity index (χ2n) is 4.62. The van der Waals surface area contributed by atoms with Gasteiger partial charge in [0.25, 0.3) is 10.1 Å². The SMILES string of the molecule is CC(C)(CS(=O)(=O)O)OC(=O)c1cc(I)cc(I)c1I. The standard InChI is InChI=1S/C11H11I3O5S/c1-11(2,5-20(16,17)18)19-10(15)7-3-6(12)4-8(13)9(7)14/h3-4H,5H2,1-2H3,(H,16,17,18). The molecule has 112 valence electrons. The van der Waals surface area contributed by atoms with Crippen LogP contribution in [0.3, 0.4) is 0 Å². The predicted molar refractivity (Wildman–Crippen MR) is 101 cm³/mol. The van der Waals surface area contributed by atoms with E-state index in [2.05, 4.69) is 45.2 Å². The lowest BCUT2D eigenvalue weighted by Gasteiger charge is -2.24. The van der Waals surface area contributed by atoms with Crippen molar-refractivity contribution in [3.8, 4) is 0 Å². The van der Waals surface area contributed by atoms with Gasteiger partial charge in [0.05, 0.1) is 5.56 Å². The Hall–Kier alpha value is 0.790. The monoisotopic (exact) mass is 636 g/mol. The summed E-state index contributed by atoms with van der Waals surface area (Å²) in [6, 6.07) is 3.60. The Morgan fingerprint density at radius 2 is 1.85 bits per heavy atom. The molecule has 1 aromatic rings. The van der Waals surface area contributed by atoms with Gasteiger partial charge in [-0.2, -0.15) is 8.42 Å². The topological polar surface area (TPSA) is 80.7 Å². The summed E-state index contributed by atoms with van der Waals surface area (Å²) in [7, 11) is -4.22. The van der Waals surface area contributed by atoms with Gasteiger partial charge in [0.15, 0.2) is 0 Å². The molecule has 0 atom stereocenters. The molecule has 0 aliphatic rings. The van der Waals surface area contributed by atoms with Crippen molar-refractivity contribution in [2.45, 2.75) is 19.4 Å². The van der Waals surface area contributed by atoms with Gasteiger partial charge in [-0.3, -0.25) is 4.55 Å². The van der Waals surface area contributed by atoms with Gasteiger partial charge >= 0.3 is 5.97 Å². The molecule has 0 unspecified atom stereocenters. The molecule has 1 aromatic carbocycles. The quantitative estimate of drug-likeness (QED) is 0.238. The summed E-state index contributed by atoms with van der Waals surface area (Å²) in [4.78, 5) is 12.2. The average Bonchev–Trinajstić information content (AvgIpc) is 2.18. The van der Waals surface area contributed by atoms with Gasteiger partial charge in [-0.05, 0) is 93.8 Å². The summed E-state index contributed by atoms with van der Waals surface area (Å²) >= 11 is 6.24. The number of halogens is 3. The third-order valence-corrected chi connectivity index (χ3v) is 6.84. The molecule has 0 radical (unpaired) electrons. The molecule has 20 heavy (non-hydrogen) atoms. The Morgan fingerprint density at radius 3 is 2.35 bits per heavy atom. The van der Waals surface area contributed by atoms with Crippen molar-refractivity contribution in [3.05, 3.63) is 28.4 Å². The summed E-state index contributed by atoms with van der Waals surface area (Å²) in [6.07, 6.45) is 0. The van der Waals surface area contributed by atoms with Crippen LogP contribution in [0.4, 0.5) is 0 Å². The van der Waals surface area contributed by atoms with Crippen molar-refractivity contribution in [2.75, 3.05) is 5.75 Å². The molecular weight excluding hydrogens is 625 g/mol. The summed E-state index contributed by atoms with van der Waals surface area (Å²) in [5, 5.41) is 0. The molecule has 5 nitrogen and oxygen atoms in total. The third kappa shape index (κ3) is 5.88. The van der Waals surface area contributed by atoms with Crippen LogP contribution in [0.1, 0.15) is 24.2 Å². The molecule has 1 rings (SSSR count). The van der Waals surface area contributed by atoms with Crippen LogP contribution < -0.4 is 0 Å². The van der Waals surface area contributed by atoms with Crippen molar-refractivity contribution in [2.24, 2.45) is 0 Å². The summed E-state index contributed by atoms with van der Waals surface area (Å²) in [5.74, 6) is -1.26. The van der Waals surface area contributed by atoms with Gasteiger partial charge in [-0.15, -0.1) is 0 Å². The number of rotatable bonds is 4. The molecule has 0 amide bonds. The van der Waals surface area contributed by atoms with Gasteiger partial charge in [-0.1, -0.05) is 0 Å². The number of esters is 1. The number of carbonyl (C=O) groups excluding carboxylic acids is 1. The van der Waals surface area contributed by atoms with Crippen LogP contribution in [0, 0.1) is 10.7 Å². The fourth-order valence-electron chi connectivity index (χ4n) is 1.48. The first-order valence-corrected chi connectivity index (χ1v) is 10.1. The summed E-state index contributed by atoms with van der Waals surface area (Å²) in [5.41, 5.74) is -0.925. The first-order valence-electron chi connectivity index (χ1n) is 5.24. The fraction of sp³-hybridized carbons (Fsp3) is 0.364. The molecule has 0 saturated carbocycles. The maximum Gasteiger partial charge on any atom is 0.339 e. The number of hydrogen-bond donors (Lipinski definition) is 1. The Kier molecular flexibility index (Phi) is 6.51. The Bertz CT molecular complexity index is 640. The van der Waals surface area contributed by atoms with E-state index in [4.69, 9.17) is 9.29 Å². The van der Waals surface area contributed by atoms with Gasteiger partial charge in [0, 0.05) is 10.7 Å². The van der Waals surface area contributed by atoms with Crippen LogP contribution in [-0.4, -0.2) is 30.3 Å². The number of carbonyl (C=O) groups is 1. The van der Waals surface area contributed by atoms with Crippen LogP contribution >= 0.6 is 67.8 Å². The number of ether oxygens (including phenoxy) is 1. The van der Waals surface area contributed by atoms with E-state index < -0.39 is 27.4 Å². The van der Waals surface area contributed by atoms with Crippen molar-refractivity contribution in [3.63, 3.8) is 0 Å². The van der Waals surface area contributed by atoms with E-state index in [9.17, 15) is 13.2 Å². The maximum atomic E-state index is 12.2. The van der Waals surface area contributed by atoms with E-state index >= 15 is 0 Å². The Labute approximate surface area is 158 Å². The lowest BCUT2D eigenvalue weighted by atomic mass is 10.1. The Balaban J connectivity index is 3.03. The fourth-order valence-corrected chi connectivity index (χ4v) is 4.79. The lowest BCUT2D eigenvalue weighted by Crippen LogP contribution is -2.36. The van der Waals surface area contributed by atoms with Crippen LogP contribution in [0.15, 0.2) is 12.1 Å². The molecule has 0 aliphatic heterocycles. The molecule has 0 spiro atoms. The molecule has 1 N–H and O–H groups in total. The zero-order valence-corrected chi connectivity index (χ0v) is 17.8. The van der Waals surface area contributed by atoms with Crippen LogP contribution in [0.25, 0.3) is 0 Å². The zero-order chi connectivity index (χ0) is 15.7. The highest BCUT2D eigenvalue weighted by Gasteiger charge is 2.30. The number of benzene rings is 1. The lowest BCUT2D eigenvalue weighted by molar-refractivity contribution is 0.00770. The van der Waals surface area contributed by atoms with Gasteiger partial charge in [-0.25, -0.2) is 4.79 Å². The van der Waals surface area contributed by atoms with E-state index in [-0.39, 0.29) is 0 Å². The molecule has 0 bridgehead atoms. The molecule has 0 fully saturated rings. The van der Waals surface area contributed by atoms with Crippen LogP contribution in [-0.2, 0) is 14.9 Å². The van der Waals surface area contributed by atoms with Gasteiger partial charge in [0.1, 0.15) is 11.4 Å². The van der Waals surface area contributed by atoms with E-state index in [0.29, 0.717) is 5.56 Å². The van der Waals surface area contributed by atoms with E-state index in [1.165, 1.54) is 13.8 Å². The minimum Gasteiger partial charge on any atom is -0.455 e. The second kappa shape index (κ2) is 6.91. The van der Waals surface area contributed by atoms with Crippen LogP contribution in [0.2, 0.25) is 0 Å². The zero-order valence-electron chi connectivity index (χ0n) is 10.5. The highest BCUT2D eigenvalue weighted by molar-refractivity contribution is 14.1. The first-order chi connectivity index (χ1) is 8.91.